The van der Waals surface area contributed by atoms with Crippen molar-refractivity contribution in [3.8, 4) is 23.0 Å². The zero-order valence-electron chi connectivity index (χ0n) is 25.3. The van der Waals surface area contributed by atoms with Gasteiger partial charge in [-0.15, -0.1) is 0 Å². The van der Waals surface area contributed by atoms with Gasteiger partial charge in [0.05, 0.1) is 19.8 Å². The van der Waals surface area contributed by atoms with Gasteiger partial charge in [0, 0.05) is 16.9 Å². The molecule has 2 amide bonds. The summed E-state index contributed by atoms with van der Waals surface area (Å²) >= 11 is 0. The van der Waals surface area contributed by atoms with Gasteiger partial charge >= 0.3 is 0 Å². The molecule has 0 aliphatic heterocycles. The molecule has 0 saturated heterocycles. The summed E-state index contributed by atoms with van der Waals surface area (Å²) in [5, 5.41) is 5.88. The molecule has 0 aromatic heterocycles. The SMILES string of the molecule is COc1ccc(C(=O)Nc2cc(NC(=O)c3cccc(OCc4ccccc4)c3OCc3ccccc3)ccc2C)cc1OC. The molecule has 2 N–H and O–H groups in total. The fourth-order valence-electron chi connectivity index (χ4n) is 4.63. The number of hydrogen-bond donors (Lipinski definition) is 2. The first-order valence-corrected chi connectivity index (χ1v) is 14.4. The molecule has 45 heavy (non-hydrogen) atoms. The Labute approximate surface area is 262 Å². The Bertz CT molecular complexity index is 1770. The van der Waals surface area contributed by atoms with Crippen molar-refractivity contribution in [1.82, 2.24) is 0 Å². The molecule has 8 heteroatoms. The molecule has 5 rings (SSSR count). The van der Waals surface area contributed by atoms with Gasteiger partial charge in [0.15, 0.2) is 23.0 Å². The lowest BCUT2D eigenvalue weighted by atomic mass is 10.1. The van der Waals surface area contributed by atoms with E-state index in [-0.39, 0.29) is 18.4 Å². The van der Waals surface area contributed by atoms with E-state index >= 15 is 0 Å². The summed E-state index contributed by atoms with van der Waals surface area (Å²) in [4.78, 5) is 26.8. The summed E-state index contributed by atoms with van der Waals surface area (Å²) in [5.41, 5.74) is 4.52. The molecule has 0 fully saturated rings. The quantitative estimate of drug-likeness (QED) is 0.152. The summed E-state index contributed by atoms with van der Waals surface area (Å²) in [5.74, 6) is 1.05. The van der Waals surface area contributed by atoms with E-state index in [1.165, 1.54) is 14.2 Å². The number of amides is 2. The number of benzene rings is 5. The second-order valence-electron chi connectivity index (χ2n) is 10.2. The molecular formula is C37H34N2O6. The van der Waals surface area contributed by atoms with Crippen molar-refractivity contribution in [3.05, 3.63) is 143 Å². The molecule has 0 radical (unpaired) electrons. The second kappa shape index (κ2) is 14.6. The maximum Gasteiger partial charge on any atom is 0.259 e. The molecule has 0 spiro atoms. The number of methoxy groups -OCH3 is 2. The Morgan fingerprint density at radius 1 is 0.600 bits per heavy atom. The van der Waals surface area contributed by atoms with E-state index in [0.717, 1.165) is 16.7 Å². The first kappa shape index (κ1) is 30.7. The van der Waals surface area contributed by atoms with Crippen molar-refractivity contribution in [2.45, 2.75) is 20.1 Å². The average molecular weight is 603 g/mol. The van der Waals surface area contributed by atoms with Crippen LogP contribution in [0.4, 0.5) is 11.4 Å². The number of ether oxygens (including phenoxy) is 4. The topological polar surface area (TPSA) is 95.1 Å². The summed E-state index contributed by atoms with van der Waals surface area (Å²) in [6.07, 6.45) is 0. The van der Waals surface area contributed by atoms with Crippen molar-refractivity contribution in [2.24, 2.45) is 0 Å². The fraction of sp³-hybridized carbons (Fsp3) is 0.135. The van der Waals surface area contributed by atoms with Gasteiger partial charge < -0.3 is 29.6 Å². The molecule has 0 unspecified atom stereocenters. The second-order valence-corrected chi connectivity index (χ2v) is 10.2. The maximum atomic E-state index is 13.7. The van der Waals surface area contributed by atoms with Crippen LogP contribution in [0.1, 0.15) is 37.4 Å². The maximum absolute atomic E-state index is 13.7. The van der Waals surface area contributed by atoms with Gasteiger partial charge in [-0.25, -0.2) is 0 Å². The van der Waals surface area contributed by atoms with Crippen LogP contribution < -0.4 is 29.6 Å². The minimum atomic E-state index is -0.385. The minimum Gasteiger partial charge on any atom is -0.493 e. The van der Waals surface area contributed by atoms with E-state index in [1.807, 2.05) is 73.7 Å². The summed E-state index contributed by atoms with van der Waals surface area (Å²) in [6.45, 7) is 2.44. The van der Waals surface area contributed by atoms with Crippen LogP contribution in [0.5, 0.6) is 23.0 Å². The monoisotopic (exact) mass is 602 g/mol. The lowest BCUT2D eigenvalue weighted by molar-refractivity contribution is 0.101. The standard InChI is InChI=1S/C37H34N2O6/c1-25-17-19-29(22-31(25)39-36(40)28-18-20-32(42-2)34(21-28)43-3)38-37(41)30-15-10-16-33(44-23-26-11-6-4-7-12-26)35(30)45-24-27-13-8-5-9-14-27/h4-22H,23-24H2,1-3H3,(H,38,41)(H,39,40). The Hall–Kier alpha value is -5.76. The third-order valence-electron chi connectivity index (χ3n) is 7.08. The van der Waals surface area contributed by atoms with Crippen LogP contribution in [0.2, 0.25) is 0 Å². The number of anilines is 2. The highest BCUT2D eigenvalue weighted by atomic mass is 16.5. The molecule has 8 nitrogen and oxygen atoms in total. The fourth-order valence-corrected chi connectivity index (χ4v) is 4.63. The molecule has 5 aromatic rings. The van der Waals surface area contributed by atoms with E-state index in [4.69, 9.17) is 18.9 Å². The highest BCUT2D eigenvalue weighted by Gasteiger charge is 2.19. The van der Waals surface area contributed by atoms with Crippen molar-refractivity contribution < 1.29 is 28.5 Å². The van der Waals surface area contributed by atoms with Crippen molar-refractivity contribution >= 4 is 23.2 Å². The van der Waals surface area contributed by atoms with E-state index in [1.54, 1.807) is 48.5 Å². The van der Waals surface area contributed by atoms with E-state index in [9.17, 15) is 9.59 Å². The molecule has 0 atom stereocenters. The highest BCUT2D eigenvalue weighted by Crippen LogP contribution is 2.34. The van der Waals surface area contributed by atoms with Gasteiger partial charge in [0.2, 0.25) is 0 Å². The number of nitrogens with one attached hydrogen (secondary N) is 2. The summed E-state index contributed by atoms with van der Waals surface area (Å²) < 4.78 is 23.0. The van der Waals surface area contributed by atoms with E-state index < -0.39 is 0 Å². The molecule has 5 aromatic carbocycles. The van der Waals surface area contributed by atoms with Crippen molar-refractivity contribution in [1.29, 1.82) is 0 Å². The van der Waals surface area contributed by atoms with Crippen LogP contribution in [0, 0.1) is 6.92 Å². The molecule has 0 heterocycles. The minimum absolute atomic E-state index is 0.254. The van der Waals surface area contributed by atoms with Gasteiger partial charge in [-0.05, 0) is 66.1 Å². The third-order valence-corrected chi connectivity index (χ3v) is 7.08. The Kier molecular flexibility index (Phi) is 9.97. The number of carbonyl (C=O) groups is 2. The van der Waals surface area contributed by atoms with Crippen LogP contribution >= 0.6 is 0 Å². The normalized spacial score (nSPS) is 10.5. The number of aryl methyl sites for hydroxylation is 1. The van der Waals surface area contributed by atoms with Gasteiger partial charge in [-0.3, -0.25) is 9.59 Å². The zero-order chi connectivity index (χ0) is 31.6. The Balaban J connectivity index is 1.37. The van der Waals surface area contributed by atoms with Crippen molar-refractivity contribution in [2.75, 3.05) is 24.9 Å². The Morgan fingerprint density at radius 2 is 1.27 bits per heavy atom. The number of para-hydroxylation sites is 1. The number of carbonyl (C=O) groups excluding carboxylic acids is 2. The van der Waals surface area contributed by atoms with E-state index in [2.05, 4.69) is 10.6 Å². The van der Waals surface area contributed by atoms with E-state index in [0.29, 0.717) is 52.1 Å². The lowest BCUT2D eigenvalue weighted by Crippen LogP contribution is -2.16. The first-order chi connectivity index (χ1) is 21.9. The highest BCUT2D eigenvalue weighted by molar-refractivity contribution is 6.08. The smallest absolute Gasteiger partial charge is 0.259 e. The van der Waals surface area contributed by atoms with Gasteiger partial charge in [0.25, 0.3) is 11.8 Å². The predicted octanol–water partition coefficient (Wildman–Crippen LogP) is 7.67. The number of hydrogen-bond acceptors (Lipinski definition) is 6. The zero-order valence-corrected chi connectivity index (χ0v) is 25.3. The van der Waals surface area contributed by atoms with Gasteiger partial charge in [-0.1, -0.05) is 72.8 Å². The Morgan fingerprint density at radius 3 is 1.93 bits per heavy atom. The molecule has 228 valence electrons. The lowest BCUT2D eigenvalue weighted by Gasteiger charge is -2.17. The summed E-state index contributed by atoms with van der Waals surface area (Å²) in [6, 6.07) is 35.0. The van der Waals surface area contributed by atoms with Crippen molar-refractivity contribution in [3.63, 3.8) is 0 Å². The average Bonchev–Trinajstić information content (AvgIpc) is 3.08. The van der Waals surface area contributed by atoms with Crippen LogP contribution in [0.15, 0.2) is 115 Å². The largest absolute Gasteiger partial charge is 0.493 e. The molecule has 0 aliphatic carbocycles. The van der Waals surface area contributed by atoms with Crippen LogP contribution in [-0.4, -0.2) is 26.0 Å². The first-order valence-electron chi connectivity index (χ1n) is 14.4. The third kappa shape index (κ3) is 7.80. The molecule has 0 bridgehead atoms. The van der Waals surface area contributed by atoms with Crippen LogP contribution in [-0.2, 0) is 13.2 Å². The molecule has 0 saturated carbocycles. The van der Waals surface area contributed by atoms with Gasteiger partial charge in [-0.2, -0.15) is 0 Å². The summed E-state index contributed by atoms with van der Waals surface area (Å²) in [7, 11) is 3.05. The van der Waals surface area contributed by atoms with Crippen LogP contribution in [0.3, 0.4) is 0 Å². The van der Waals surface area contributed by atoms with Gasteiger partial charge in [0.1, 0.15) is 13.2 Å². The van der Waals surface area contributed by atoms with Crippen LogP contribution in [0.25, 0.3) is 0 Å². The molecular weight excluding hydrogens is 568 g/mol. The number of rotatable bonds is 12. The molecule has 0 aliphatic rings. The predicted molar refractivity (Wildman–Crippen MR) is 175 cm³/mol.